The molecule has 0 aromatic heterocycles. The van der Waals surface area contributed by atoms with E-state index in [0.717, 1.165) is 0 Å². The lowest BCUT2D eigenvalue weighted by molar-refractivity contribution is 0.251. The minimum absolute atomic E-state index is 0.0459. The van der Waals surface area contributed by atoms with Gasteiger partial charge in [0.1, 0.15) is 11.5 Å². The standard InChI is InChI=1S/C14H20N2O3/c1-18-12-6-11(14(15)16-17)7-13(8-12)19-9-10-4-2-3-5-10/h6-8,10,17H,2-5,9H2,1H3,(H2,15,16). The topological polar surface area (TPSA) is 77.1 Å². The minimum atomic E-state index is 0.0459. The average Bonchev–Trinajstić information content (AvgIpc) is 2.97. The van der Waals surface area contributed by atoms with Crippen LogP contribution in [0, 0.1) is 5.92 Å². The van der Waals surface area contributed by atoms with Crippen LogP contribution in [0.4, 0.5) is 0 Å². The smallest absolute Gasteiger partial charge is 0.170 e. The molecule has 1 aliphatic rings. The van der Waals surface area contributed by atoms with E-state index in [-0.39, 0.29) is 5.84 Å². The molecule has 5 nitrogen and oxygen atoms in total. The van der Waals surface area contributed by atoms with Crippen LogP contribution in [0.15, 0.2) is 23.4 Å². The molecule has 0 bridgehead atoms. The highest BCUT2D eigenvalue weighted by atomic mass is 16.5. The van der Waals surface area contributed by atoms with E-state index in [2.05, 4.69) is 5.16 Å². The monoisotopic (exact) mass is 264 g/mol. The van der Waals surface area contributed by atoms with Crippen LogP contribution in [0.5, 0.6) is 11.5 Å². The van der Waals surface area contributed by atoms with Gasteiger partial charge < -0.3 is 20.4 Å². The van der Waals surface area contributed by atoms with Crippen LogP contribution >= 0.6 is 0 Å². The Morgan fingerprint density at radius 3 is 2.63 bits per heavy atom. The molecule has 0 radical (unpaired) electrons. The lowest BCUT2D eigenvalue weighted by Crippen LogP contribution is -2.14. The van der Waals surface area contributed by atoms with Gasteiger partial charge in [-0.15, -0.1) is 0 Å². The van der Waals surface area contributed by atoms with Crippen molar-refractivity contribution in [2.75, 3.05) is 13.7 Å². The van der Waals surface area contributed by atoms with Crippen molar-refractivity contribution in [3.63, 3.8) is 0 Å². The molecule has 0 unspecified atom stereocenters. The van der Waals surface area contributed by atoms with Gasteiger partial charge in [-0.2, -0.15) is 0 Å². The number of hydrogen-bond acceptors (Lipinski definition) is 4. The largest absolute Gasteiger partial charge is 0.497 e. The van der Waals surface area contributed by atoms with Crippen LogP contribution < -0.4 is 15.2 Å². The molecule has 1 aromatic rings. The first-order valence-corrected chi connectivity index (χ1v) is 6.52. The molecular weight excluding hydrogens is 244 g/mol. The fourth-order valence-corrected chi connectivity index (χ4v) is 2.37. The van der Waals surface area contributed by atoms with E-state index in [1.54, 1.807) is 19.2 Å². The number of nitrogens with zero attached hydrogens (tertiary/aromatic N) is 1. The molecule has 1 aliphatic carbocycles. The molecule has 0 amide bonds. The minimum Gasteiger partial charge on any atom is -0.497 e. The van der Waals surface area contributed by atoms with Gasteiger partial charge in [0.05, 0.1) is 13.7 Å². The van der Waals surface area contributed by atoms with Crippen molar-refractivity contribution < 1.29 is 14.7 Å². The molecule has 3 N–H and O–H groups in total. The Hall–Kier alpha value is -1.91. The molecule has 0 atom stereocenters. The number of nitrogens with two attached hydrogens (primary N) is 1. The van der Waals surface area contributed by atoms with Crippen LogP contribution in [-0.2, 0) is 0 Å². The summed E-state index contributed by atoms with van der Waals surface area (Å²) in [7, 11) is 1.58. The normalized spacial score (nSPS) is 16.6. The Kier molecular flexibility index (Phi) is 4.49. The maximum absolute atomic E-state index is 8.73. The molecule has 1 aromatic carbocycles. The number of hydrogen-bond donors (Lipinski definition) is 2. The second-order valence-corrected chi connectivity index (χ2v) is 4.84. The van der Waals surface area contributed by atoms with Crippen molar-refractivity contribution in [1.82, 2.24) is 0 Å². The van der Waals surface area contributed by atoms with Crippen molar-refractivity contribution in [3.8, 4) is 11.5 Å². The zero-order chi connectivity index (χ0) is 13.7. The van der Waals surface area contributed by atoms with Gasteiger partial charge in [-0.25, -0.2) is 0 Å². The average molecular weight is 264 g/mol. The van der Waals surface area contributed by atoms with E-state index in [0.29, 0.717) is 29.6 Å². The first-order valence-electron chi connectivity index (χ1n) is 6.52. The van der Waals surface area contributed by atoms with Crippen LogP contribution in [0.2, 0.25) is 0 Å². The fraction of sp³-hybridized carbons (Fsp3) is 0.500. The molecule has 5 heteroatoms. The van der Waals surface area contributed by atoms with Crippen molar-refractivity contribution in [2.24, 2.45) is 16.8 Å². The van der Waals surface area contributed by atoms with Gasteiger partial charge in [-0.3, -0.25) is 0 Å². The highest BCUT2D eigenvalue weighted by molar-refractivity contribution is 5.97. The first kappa shape index (κ1) is 13.5. The molecule has 1 saturated carbocycles. The zero-order valence-corrected chi connectivity index (χ0v) is 11.1. The molecule has 2 rings (SSSR count). The third kappa shape index (κ3) is 3.53. The number of oxime groups is 1. The van der Waals surface area contributed by atoms with Gasteiger partial charge in [-0.1, -0.05) is 18.0 Å². The molecule has 0 spiro atoms. The first-order chi connectivity index (χ1) is 9.22. The Balaban J connectivity index is 2.09. The SMILES string of the molecule is COc1cc(OCC2CCCC2)cc(/C(N)=N/O)c1. The van der Waals surface area contributed by atoms with E-state index in [1.807, 2.05) is 6.07 Å². The summed E-state index contributed by atoms with van der Waals surface area (Å²) >= 11 is 0. The van der Waals surface area contributed by atoms with Crippen LogP contribution in [0.3, 0.4) is 0 Å². The maximum Gasteiger partial charge on any atom is 0.170 e. The Bertz CT molecular complexity index is 454. The van der Waals surface area contributed by atoms with E-state index in [9.17, 15) is 0 Å². The summed E-state index contributed by atoms with van der Waals surface area (Å²) in [6.45, 7) is 0.711. The van der Waals surface area contributed by atoms with Crippen LogP contribution in [-0.4, -0.2) is 24.8 Å². The predicted molar refractivity (Wildman–Crippen MR) is 73.0 cm³/mol. The Morgan fingerprint density at radius 1 is 1.32 bits per heavy atom. The van der Waals surface area contributed by atoms with Gasteiger partial charge in [0.15, 0.2) is 5.84 Å². The van der Waals surface area contributed by atoms with Crippen LogP contribution in [0.1, 0.15) is 31.2 Å². The summed E-state index contributed by atoms with van der Waals surface area (Å²) in [5.41, 5.74) is 6.18. The summed E-state index contributed by atoms with van der Waals surface area (Å²) < 4.78 is 11.0. The molecule has 0 heterocycles. The molecule has 19 heavy (non-hydrogen) atoms. The van der Waals surface area contributed by atoms with E-state index in [4.69, 9.17) is 20.4 Å². The lowest BCUT2D eigenvalue weighted by Gasteiger charge is -2.13. The van der Waals surface area contributed by atoms with E-state index >= 15 is 0 Å². The fourth-order valence-electron chi connectivity index (χ4n) is 2.37. The number of benzene rings is 1. The van der Waals surface area contributed by atoms with Crippen molar-refractivity contribution in [3.05, 3.63) is 23.8 Å². The van der Waals surface area contributed by atoms with Gasteiger partial charge in [-0.05, 0) is 30.9 Å². The second kappa shape index (κ2) is 6.31. The number of methoxy groups -OCH3 is 1. The number of ether oxygens (including phenoxy) is 2. The molecule has 0 aliphatic heterocycles. The molecule has 1 fully saturated rings. The number of rotatable bonds is 5. The summed E-state index contributed by atoms with van der Waals surface area (Å²) in [5.74, 6) is 2.00. The number of amidine groups is 1. The summed E-state index contributed by atoms with van der Waals surface area (Å²) in [6.07, 6.45) is 5.05. The molecular formula is C14H20N2O3. The van der Waals surface area contributed by atoms with Gasteiger partial charge in [0.2, 0.25) is 0 Å². The lowest BCUT2D eigenvalue weighted by atomic mass is 10.1. The Morgan fingerprint density at radius 2 is 2.00 bits per heavy atom. The quantitative estimate of drug-likeness (QED) is 0.370. The van der Waals surface area contributed by atoms with Gasteiger partial charge in [0.25, 0.3) is 0 Å². The van der Waals surface area contributed by atoms with Crippen molar-refractivity contribution in [1.29, 1.82) is 0 Å². The third-order valence-electron chi connectivity index (χ3n) is 3.48. The molecule has 104 valence electrons. The van der Waals surface area contributed by atoms with Crippen molar-refractivity contribution >= 4 is 5.84 Å². The second-order valence-electron chi connectivity index (χ2n) is 4.84. The summed E-state index contributed by atoms with van der Waals surface area (Å²) in [5, 5.41) is 11.7. The molecule has 0 saturated heterocycles. The summed E-state index contributed by atoms with van der Waals surface area (Å²) in [4.78, 5) is 0. The third-order valence-corrected chi connectivity index (χ3v) is 3.48. The van der Waals surface area contributed by atoms with Gasteiger partial charge >= 0.3 is 0 Å². The van der Waals surface area contributed by atoms with Crippen LogP contribution in [0.25, 0.3) is 0 Å². The maximum atomic E-state index is 8.73. The summed E-state index contributed by atoms with van der Waals surface area (Å²) in [6, 6.07) is 5.27. The van der Waals surface area contributed by atoms with E-state index < -0.39 is 0 Å². The van der Waals surface area contributed by atoms with E-state index in [1.165, 1.54) is 25.7 Å². The zero-order valence-electron chi connectivity index (χ0n) is 11.1. The Labute approximate surface area is 113 Å². The highest BCUT2D eigenvalue weighted by Crippen LogP contribution is 2.27. The van der Waals surface area contributed by atoms with Crippen molar-refractivity contribution in [2.45, 2.75) is 25.7 Å². The highest BCUT2D eigenvalue weighted by Gasteiger charge is 2.16. The van der Waals surface area contributed by atoms with Gasteiger partial charge in [0, 0.05) is 11.6 Å². The predicted octanol–water partition coefficient (Wildman–Crippen LogP) is 2.36.